The molecule has 0 fully saturated rings. The number of benzene rings is 2. The molecular weight excluding hydrogens is 362 g/mol. The number of para-hydroxylation sites is 1. The Labute approximate surface area is 163 Å². The first-order valence-corrected chi connectivity index (χ1v) is 9.33. The SMILES string of the molecule is CC(C)N(Cc1nc2ccccc2c(=O)[nH]1)C(=O)CCc1cccc(Cl)c1. The van der Waals surface area contributed by atoms with Crippen LogP contribution >= 0.6 is 11.6 Å². The van der Waals surface area contributed by atoms with Crippen molar-refractivity contribution in [2.24, 2.45) is 0 Å². The minimum Gasteiger partial charge on any atom is -0.333 e. The minimum absolute atomic E-state index is 0.00589. The van der Waals surface area contributed by atoms with Crippen LogP contribution in [0.2, 0.25) is 5.02 Å². The lowest BCUT2D eigenvalue weighted by molar-refractivity contribution is -0.133. The lowest BCUT2D eigenvalue weighted by Crippen LogP contribution is -2.37. The zero-order valence-electron chi connectivity index (χ0n) is 15.4. The third-order valence-electron chi connectivity index (χ3n) is 4.44. The van der Waals surface area contributed by atoms with E-state index in [4.69, 9.17) is 11.6 Å². The number of aromatic nitrogens is 2. The number of aryl methyl sites for hydroxylation is 1. The second kappa shape index (κ2) is 8.35. The highest BCUT2D eigenvalue weighted by atomic mass is 35.5. The maximum absolute atomic E-state index is 12.8. The highest BCUT2D eigenvalue weighted by Gasteiger charge is 2.19. The number of halogens is 1. The van der Waals surface area contributed by atoms with E-state index >= 15 is 0 Å². The summed E-state index contributed by atoms with van der Waals surface area (Å²) in [5.74, 6) is 0.504. The van der Waals surface area contributed by atoms with E-state index < -0.39 is 0 Å². The number of nitrogens with zero attached hydrogens (tertiary/aromatic N) is 2. The van der Waals surface area contributed by atoms with Crippen LogP contribution in [0.25, 0.3) is 10.9 Å². The second-order valence-electron chi connectivity index (χ2n) is 6.78. The minimum atomic E-state index is -0.189. The smallest absolute Gasteiger partial charge is 0.258 e. The maximum Gasteiger partial charge on any atom is 0.258 e. The molecule has 0 aliphatic carbocycles. The van der Waals surface area contributed by atoms with Crippen LogP contribution in [-0.2, 0) is 17.8 Å². The quantitative estimate of drug-likeness (QED) is 0.700. The third-order valence-corrected chi connectivity index (χ3v) is 4.68. The molecule has 0 aliphatic rings. The van der Waals surface area contributed by atoms with Crippen molar-refractivity contribution in [1.29, 1.82) is 0 Å². The molecule has 1 heterocycles. The van der Waals surface area contributed by atoms with Crippen LogP contribution in [0.1, 0.15) is 31.7 Å². The Hall–Kier alpha value is -2.66. The van der Waals surface area contributed by atoms with Crippen molar-refractivity contribution >= 4 is 28.4 Å². The van der Waals surface area contributed by atoms with Gasteiger partial charge in [0.2, 0.25) is 5.91 Å². The van der Waals surface area contributed by atoms with Gasteiger partial charge in [-0.15, -0.1) is 0 Å². The number of rotatable bonds is 6. The van der Waals surface area contributed by atoms with Gasteiger partial charge >= 0.3 is 0 Å². The molecule has 2 aromatic carbocycles. The van der Waals surface area contributed by atoms with Crippen molar-refractivity contribution in [3.8, 4) is 0 Å². The molecule has 1 aromatic heterocycles. The van der Waals surface area contributed by atoms with E-state index in [2.05, 4.69) is 9.97 Å². The molecule has 0 atom stereocenters. The van der Waals surface area contributed by atoms with Gasteiger partial charge in [0, 0.05) is 17.5 Å². The standard InChI is InChI=1S/C21H22ClN3O2/c1-14(2)25(20(26)11-10-15-6-5-7-16(22)12-15)13-19-23-18-9-4-3-8-17(18)21(27)24-19/h3-9,12,14H,10-11,13H2,1-2H3,(H,23,24,27). The van der Waals surface area contributed by atoms with Gasteiger partial charge in [-0.1, -0.05) is 35.9 Å². The molecule has 1 N–H and O–H groups in total. The summed E-state index contributed by atoms with van der Waals surface area (Å²) >= 11 is 6.01. The molecular formula is C21H22ClN3O2. The lowest BCUT2D eigenvalue weighted by atomic mass is 10.1. The van der Waals surface area contributed by atoms with Crippen LogP contribution in [0.5, 0.6) is 0 Å². The number of nitrogens with one attached hydrogen (secondary N) is 1. The van der Waals surface area contributed by atoms with Gasteiger partial charge < -0.3 is 9.88 Å². The van der Waals surface area contributed by atoms with E-state index in [9.17, 15) is 9.59 Å². The molecule has 140 valence electrons. The predicted octanol–water partition coefficient (Wildman–Crippen LogP) is 3.95. The Morgan fingerprint density at radius 1 is 1.19 bits per heavy atom. The summed E-state index contributed by atoms with van der Waals surface area (Å²) in [6.07, 6.45) is 0.987. The molecule has 6 heteroatoms. The van der Waals surface area contributed by atoms with Crippen molar-refractivity contribution in [2.75, 3.05) is 0 Å². The van der Waals surface area contributed by atoms with Gasteiger partial charge in [0.25, 0.3) is 5.56 Å². The number of aromatic amines is 1. The zero-order valence-corrected chi connectivity index (χ0v) is 16.2. The Morgan fingerprint density at radius 2 is 1.96 bits per heavy atom. The monoisotopic (exact) mass is 383 g/mol. The van der Waals surface area contributed by atoms with Crippen LogP contribution in [0.4, 0.5) is 0 Å². The van der Waals surface area contributed by atoms with Gasteiger partial charge in [0.1, 0.15) is 5.82 Å². The van der Waals surface area contributed by atoms with Crippen LogP contribution in [0.3, 0.4) is 0 Å². The molecule has 0 unspecified atom stereocenters. The van der Waals surface area contributed by atoms with E-state index in [0.717, 1.165) is 5.56 Å². The first kappa shape index (κ1) is 19.1. The Balaban J connectivity index is 1.75. The van der Waals surface area contributed by atoms with Crippen molar-refractivity contribution < 1.29 is 4.79 Å². The number of hydrogen-bond acceptors (Lipinski definition) is 3. The Morgan fingerprint density at radius 3 is 2.70 bits per heavy atom. The van der Waals surface area contributed by atoms with E-state index in [1.807, 2.05) is 44.2 Å². The van der Waals surface area contributed by atoms with E-state index in [1.165, 1.54) is 0 Å². The summed E-state index contributed by atoms with van der Waals surface area (Å²) in [5, 5.41) is 1.21. The van der Waals surface area contributed by atoms with Crippen LogP contribution < -0.4 is 5.56 Å². The van der Waals surface area contributed by atoms with Crippen molar-refractivity contribution in [3.63, 3.8) is 0 Å². The van der Waals surface area contributed by atoms with Gasteiger partial charge in [-0.25, -0.2) is 4.98 Å². The molecule has 0 saturated carbocycles. The number of carbonyl (C=O) groups excluding carboxylic acids is 1. The Kier molecular flexibility index (Phi) is 5.91. The summed E-state index contributed by atoms with van der Waals surface area (Å²) in [6.45, 7) is 4.18. The first-order valence-electron chi connectivity index (χ1n) is 8.96. The highest BCUT2D eigenvalue weighted by Crippen LogP contribution is 2.15. The molecule has 3 rings (SSSR count). The van der Waals surface area contributed by atoms with Crippen LogP contribution in [0, 0.1) is 0 Å². The molecule has 0 saturated heterocycles. The normalized spacial score (nSPS) is 11.1. The van der Waals surface area contributed by atoms with E-state index in [1.54, 1.807) is 23.1 Å². The van der Waals surface area contributed by atoms with Gasteiger partial charge in [0.05, 0.1) is 17.4 Å². The van der Waals surface area contributed by atoms with Gasteiger partial charge in [-0.05, 0) is 50.1 Å². The molecule has 0 radical (unpaired) electrons. The molecule has 1 amide bonds. The van der Waals surface area contributed by atoms with Crippen molar-refractivity contribution in [2.45, 2.75) is 39.3 Å². The highest BCUT2D eigenvalue weighted by molar-refractivity contribution is 6.30. The maximum atomic E-state index is 12.8. The number of carbonyl (C=O) groups is 1. The van der Waals surface area contributed by atoms with Crippen molar-refractivity contribution in [1.82, 2.24) is 14.9 Å². The molecule has 27 heavy (non-hydrogen) atoms. The molecule has 0 spiro atoms. The summed E-state index contributed by atoms with van der Waals surface area (Å²) in [6, 6.07) is 14.7. The lowest BCUT2D eigenvalue weighted by Gasteiger charge is -2.26. The summed E-state index contributed by atoms with van der Waals surface area (Å²) in [5.41, 5.74) is 1.47. The van der Waals surface area contributed by atoms with Gasteiger partial charge in [-0.2, -0.15) is 0 Å². The number of H-pyrrole nitrogens is 1. The fraction of sp³-hybridized carbons (Fsp3) is 0.286. The predicted molar refractivity (Wildman–Crippen MR) is 108 cm³/mol. The topological polar surface area (TPSA) is 66.1 Å². The fourth-order valence-electron chi connectivity index (χ4n) is 3.02. The molecule has 3 aromatic rings. The van der Waals surface area contributed by atoms with E-state index in [-0.39, 0.29) is 24.1 Å². The van der Waals surface area contributed by atoms with Gasteiger partial charge in [-0.3, -0.25) is 9.59 Å². The average molecular weight is 384 g/mol. The second-order valence-corrected chi connectivity index (χ2v) is 7.21. The fourth-order valence-corrected chi connectivity index (χ4v) is 3.23. The van der Waals surface area contributed by atoms with Crippen molar-refractivity contribution in [3.05, 3.63) is 75.3 Å². The Bertz CT molecular complexity index is 1010. The first-order chi connectivity index (χ1) is 12.9. The summed E-state index contributed by atoms with van der Waals surface area (Å²) in [7, 11) is 0. The van der Waals surface area contributed by atoms with E-state index in [0.29, 0.717) is 34.6 Å². The van der Waals surface area contributed by atoms with Gasteiger partial charge in [0.15, 0.2) is 0 Å². The number of hydrogen-bond donors (Lipinski definition) is 1. The molecule has 5 nitrogen and oxygen atoms in total. The summed E-state index contributed by atoms with van der Waals surface area (Å²) in [4.78, 5) is 34.1. The molecule has 0 bridgehead atoms. The van der Waals surface area contributed by atoms with Crippen LogP contribution in [-0.4, -0.2) is 26.8 Å². The average Bonchev–Trinajstić information content (AvgIpc) is 2.64. The number of fused-ring (bicyclic) bond motifs is 1. The molecule has 0 aliphatic heterocycles. The third kappa shape index (κ3) is 4.74. The number of amides is 1. The summed E-state index contributed by atoms with van der Waals surface area (Å²) < 4.78 is 0. The zero-order chi connectivity index (χ0) is 19.4. The largest absolute Gasteiger partial charge is 0.333 e. The van der Waals surface area contributed by atoms with Crippen LogP contribution in [0.15, 0.2) is 53.3 Å².